The summed E-state index contributed by atoms with van der Waals surface area (Å²) < 4.78 is 1.90. The zero-order chi connectivity index (χ0) is 14.8. The van der Waals surface area contributed by atoms with Gasteiger partial charge in [0.1, 0.15) is 0 Å². The zero-order valence-electron chi connectivity index (χ0n) is 11.9. The molecule has 0 radical (unpaired) electrons. The van der Waals surface area contributed by atoms with Crippen molar-refractivity contribution in [3.05, 3.63) is 28.8 Å². The van der Waals surface area contributed by atoms with Crippen molar-refractivity contribution in [1.29, 1.82) is 0 Å². The Bertz CT molecular complexity index is 626. The van der Waals surface area contributed by atoms with Gasteiger partial charge in [-0.1, -0.05) is 30.7 Å². The molecule has 0 bridgehead atoms. The van der Waals surface area contributed by atoms with Crippen molar-refractivity contribution in [2.45, 2.75) is 54.7 Å². The number of tetrazole rings is 1. The normalized spacial score (nSPS) is 16.1. The summed E-state index contributed by atoms with van der Waals surface area (Å²) in [6, 6.07) is 6.53. The minimum Gasteiger partial charge on any atom is -0.327 e. The molecule has 0 amide bonds. The Morgan fingerprint density at radius 1 is 1.48 bits per heavy atom. The topological polar surface area (TPSA) is 69.6 Å². The Kier molecular flexibility index (Phi) is 4.47. The third kappa shape index (κ3) is 3.39. The van der Waals surface area contributed by atoms with Gasteiger partial charge >= 0.3 is 0 Å². The molecule has 0 spiro atoms. The first-order chi connectivity index (χ1) is 10.2. The van der Waals surface area contributed by atoms with Crippen molar-refractivity contribution in [3.8, 4) is 0 Å². The summed E-state index contributed by atoms with van der Waals surface area (Å²) in [6.07, 6.45) is 4.05. The van der Waals surface area contributed by atoms with Crippen LogP contribution < -0.4 is 5.73 Å². The van der Waals surface area contributed by atoms with Crippen molar-refractivity contribution >= 4 is 23.4 Å². The quantitative estimate of drug-likeness (QED) is 0.884. The molecule has 1 saturated carbocycles. The minimum absolute atomic E-state index is 0.141. The fourth-order valence-corrected chi connectivity index (χ4v) is 3.44. The summed E-state index contributed by atoms with van der Waals surface area (Å²) in [5, 5.41) is 13.5. The second-order valence-corrected chi connectivity index (χ2v) is 6.72. The maximum Gasteiger partial charge on any atom is 0.214 e. The standard InChI is InChI=1S/C14H18ClN5S/c1-2-10(16)8-9-4-3-5-12(15)13(9)21-14-17-18-19-20(14)11-6-7-11/h3-5,10-11H,2,6-8,16H2,1H3. The molecule has 1 aromatic carbocycles. The largest absolute Gasteiger partial charge is 0.327 e. The summed E-state index contributed by atoms with van der Waals surface area (Å²) >= 11 is 7.92. The Morgan fingerprint density at radius 2 is 2.29 bits per heavy atom. The number of benzene rings is 1. The van der Waals surface area contributed by atoms with Gasteiger partial charge in [-0.2, -0.15) is 0 Å². The molecule has 3 rings (SSSR count). The van der Waals surface area contributed by atoms with E-state index in [0.717, 1.165) is 46.3 Å². The molecule has 1 atom stereocenters. The van der Waals surface area contributed by atoms with Gasteiger partial charge in [-0.25, -0.2) is 4.68 Å². The van der Waals surface area contributed by atoms with Crippen LogP contribution in [0.3, 0.4) is 0 Å². The third-order valence-corrected chi connectivity index (χ3v) is 5.17. The second-order valence-electron chi connectivity index (χ2n) is 5.34. The van der Waals surface area contributed by atoms with Crippen LogP contribution in [0.5, 0.6) is 0 Å². The van der Waals surface area contributed by atoms with Crippen LogP contribution in [0.1, 0.15) is 37.8 Å². The Balaban J connectivity index is 1.88. The predicted molar refractivity (Wildman–Crippen MR) is 83.6 cm³/mol. The molecule has 2 N–H and O–H groups in total. The fraction of sp³-hybridized carbons (Fsp3) is 0.500. The molecule has 0 aliphatic heterocycles. The van der Waals surface area contributed by atoms with Crippen molar-refractivity contribution in [1.82, 2.24) is 20.2 Å². The van der Waals surface area contributed by atoms with Crippen molar-refractivity contribution in [2.24, 2.45) is 5.73 Å². The van der Waals surface area contributed by atoms with Gasteiger partial charge in [0.2, 0.25) is 5.16 Å². The first kappa shape index (κ1) is 14.8. The Morgan fingerprint density at radius 3 is 3.00 bits per heavy atom. The molecule has 0 saturated heterocycles. The van der Waals surface area contributed by atoms with Crippen LogP contribution in [0.15, 0.2) is 28.3 Å². The predicted octanol–water partition coefficient (Wildman–Crippen LogP) is 3.09. The van der Waals surface area contributed by atoms with Gasteiger partial charge in [0.15, 0.2) is 0 Å². The highest BCUT2D eigenvalue weighted by Crippen LogP contribution is 2.40. The van der Waals surface area contributed by atoms with E-state index < -0.39 is 0 Å². The molecular weight excluding hydrogens is 306 g/mol. The molecule has 5 nitrogen and oxygen atoms in total. The van der Waals surface area contributed by atoms with Crippen molar-refractivity contribution in [3.63, 3.8) is 0 Å². The number of nitrogens with two attached hydrogens (primary N) is 1. The lowest BCUT2D eigenvalue weighted by atomic mass is 10.0. The smallest absolute Gasteiger partial charge is 0.214 e. The van der Waals surface area contributed by atoms with Gasteiger partial charge in [-0.3, -0.25) is 0 Å². The highest BCUT2D eigenvalue weighted by molar-refractivity contribution is 7.99. The van der Waals surface area contributed by atoms with E-state index >= 15 is 0 Å². The average Bonchev–Trinajstić information content (AvgIpc) is 3.22. The summed E-state index contributed by atoms with van der Waals surface area (Å²) in [4.78, 5) is 1.01. The lowest BCUT2D eigenvalue weighted by Crippen LogP contribution is -2.21. The van der Waals surface area contributed by atoms with Gasteiger partial charge < -0.3 is 5.73 Å². The van der Waals surface area contributed by atoms with Crippen molar-refractivity contribution in [2.75, 3.05) is 0 Å². The molecule has 7 heteroatoms. The molecule has 1 aliphatic carbocycles. The van der Waals surface area contributed by atoms with Crippen LogP contribution in [0.4, 0.5) is 0 Å². The molecule has 1 fully saturated rings. The molecular formula is C14H18ClN5S. The van der Waals surface area contributed by atoms with E-state index in [1.807, 2.05) is 16.8 Å². The molecule has 1 heterocycles. The van der Waals surface area contributed by atoms with E-state index in [-0.39, 0.29) is 6.04 Å². The Hall–Kier alpha value is -1.11. The van der Waals surface area contributed by atoms with E-state index in [2.05, 4.69) is 28.5 Å². The number of nitrogens with zero attached hydrogens (tertiary/aromatic N) is 4. The number of rotatable bonds is 6. The third-order valence-electron chi connectivity index (χ3n) is 3.60. The Labute approximate surface area is 133 Å². The van der Waals surface area contributed by atoms with Gasteiger partial charge in [0.05, 0.1) is 11.1 Å². The van der Waals surface area contributed by atoms with Crippen LogP contribution in [0, 0.1) is 0 Å². The monoisotopic (exact) mass is 323 g/mol. The van der Waals surface area contributed by atoms with Crippen molar-refractivity contribution < 1.29 is 0 Å². The first-order valence-electron chi connectivity index (χ1n) is 7.17. The fourth-order valence-electron chi connectivity index (χ4n) is 2.15. The van der Waals surface area contributed by atoms with Crippen LogP contribution in [0.25, 0.3) is 0 Å². The highest BCUT2D eigenvalue weighted by atomic mass is 35.5. The van der Waals surface area contributed by atoms with E-state index in [1.54, 1.807) is 0 Å². The van der Waals surface area contributed by atoms with Crippen LogP contribution in [0.2, 0.25) is 5.02 Å². The molecule has 112 valence electrons. The first-order valence-corrected chi connectivity index (χ1v) is 8.37. The number of hydrogen-bond donors (Lipinski definition) is 1. The van der Waals surface area contributed by atoms with Gasteiger partial charge in [-0.15, -0.1) is 5.10 Å². The van der Waals surface area contributed by atoms with E-state index in [0.29, 0.717) is 6.04 Å². The maximum atomic E-state index is 6.38. The van der Waals surface area contributed by atoms with Gasteiger partial charge in [-0.05, 0) is 59.5 Å². The molecule has 1 aliphatic rings. The summed E-state index contributed by atoms with van der Waals surface area (Å²) in [5.74, 6) is 0. The molecule has 2 aromatic rings. The average molecular weight is 324 g/mol. The zero-order valence-corrected chi connectivity index (χ0v) is 13.4. The van der Waals surface area contributed by atoms with Gasteiger partial charge in [0, 0.05) is 10.9 Å². The summed E-state index contributed by atoms with van der Waals surface area (Å²) in [7, 11) is 0. The van der Waals surface area contributed by atoms with E-state index in [1.165, 1.54) is 11.8 Å². The summed E-state index contributed by atoms with van der Waals surface area (Å²) in [6.45, 7) is 2.09. The lowest BCUT2D eigenvalue weighted by molar-refractivity contribution is 0.565. The van der Waals surface area contributed by atoms with Crippen LogP contribution in [-0.2, 0) is 6.42 Å². The SMILES string of the molecule is CCC(N)Cc1cccc(Cl)c1Sc1nnnn1C1CC1. The van der Waals surface area contributed by atoms with Crippen LogP contribution >= 0.6 is 23.4 Å². The second kappa shape index (κ2) is 6.34. The van der Waals surface area contributed by atoms with Crippen LogP contribution in [-0.4, -0.2) is 26.2 Å². The number of halogens is 1. The number of aromatic nitrogens is 4. The molecule has 1 aromatic heterocycles. The molecule has 21 heavy (non-hydrogen) atoms. The maximum absolute atomic E-state index is 6.38. The summed E-state index contributed by atoms with van der Waals surface area (Å²) in [5.41, 5.74) is 7.25. The van der Waals surface area contributed by atoms with Gasteiger partial charge in [0.25, 0.3) is 0 Å². The van der Waals surface area contributed by atoms with E-state index in [9.17, 15) is 0 Å². The van der Waals surface area contributed by atoms with E-state index in [4.69, 9.17) is 17.3 Å². The highest BCUT2D eigenvalue weighted by Gasteiger charge is 2.28. The molecule has 1 unspecified atom stereocenters. The lowest BCUT2D eigenvalue weighted by Gasteiger charge is -2.14. The minimum atomic E-state index is 0.141. The number of hydrogen-bond acceptors (Lipinski definition) is 5.